The highest BCUT2D eigenvalue weighted by molar-refractivity contribution is 7.08. The molecule has 7 nitrogen and oxygen atoms in total. The molecule has 1 unspecified atom stereocenters. The SMILES string of the molecule is O=C1CC(OC(=O)c2cscc2C(=O)Nc2ccc(Cl)cc2)C(=O)N1. The zero-order valence-electron chi connectivity index (χ0n) is 12.6. The Balaban J connectivity index is 1.72. The van der Waals surface area contributed by atoms with Gasteiger partial charge in [-0.2, -0.15) is 11.3 Å². The molecule has 0 bridgehead atoms. The highest BCUT2D eigenvalue weighted by Crippen LogP contribution is 2.21. The average molecular weight is 379 g/mol. The number of nitrogens with one attached hydrogen (secondary N) is 2. The van der Waals surface area contributed by atoms with E-state index in [0.29, 0.717) is 10.7 Å². The van der Waals surface area contributed by atoms with Crippen LogP contribution in [0.25, 0.3) is 0 Å². The van der Waals surface area contributed by atoms with E-state index in [1.807, 2.05) is 5.32 Å². The minimum Gasteiger partial charge on any atom is -0.448 e. The zero-order valence-corrected chi connectivity index (χ0v) is 14.1. The van der Waals surface area contributed by atoms with Crippen molar-refractivity contribution < 1.29 is 23.9 Å². The number of carbonyl (C=O) groups is 4. The van der Waals surface area contributed by atoms with Crippen LogP contribution in [0.2, 0.25) is 5.02 Å². The summed E-state index contributed by atoms with van der Waals surface area (Å²) in [5, 5.41) is 8.18. The van der Waals surface area contributed by atoms with E-state index in [0.717, 1.165) is 11.3 Å². The van der Waals surface area contributed by atoms with E-state index in [2.05, 4.69) is 5.32 Å². The van der Waals surface area contributed by atoms with Gasteiger partial charge in [-0.3, -0.25) is 19.7 Å². The van der Waals surface area contributed by atoms with E-state index < -0.39 is 29.8 Å². The van der Waals surface area contributed by atoms with Crippen molar-refractivity contribution in [3.63, 3.8) is 0 Å². The molecular weight excluding hydrogens is 368 g/mol. The summed E-state index contributed by atoms with van der Waals surface area (Å²) in [6, 6.07) is 6.49. The van der Waals surface area contributed by atoms with Crippen LogP contribution < -0.4 is 10.6 Å². The predicted molar refractivity (Wildman–Crippen MR) is 90.7 cm³/mol. The maximum Gasteiger partial charge on any atom is 0.340 e. The van der Waals surface area contributed by atoms with Gasteiger partial charge in [-0.15, -0.1) is 0 Å². The van der Waals surface area contributed by atoms with E-state index in [-0.39, 0.29) is 17.5 Å². The molecule has 1 aromatic heterocycles. The van der Waals surface area contributed by atoms with Crippen molar-refractivity contribution >= 4 is 52.3 Å². The van der Waals surface area contributed by atoms with Crippen LogP contribution in [-0.2, 0) is 14.3 Å². The highest BCUT2D eigenvalue weighted by atomic mass is 35.5. The number of rotatable bonds is 4. The van der Waals surface area contributed by atoms with Gasteiger partial charge in [0.1, 0.15) is 0 Å². The lowest BCUT2D eigenvalue weighted by Crippen LogP contribution is -2.29. The fraction of sp³-hybridized carbons (Fsp3) is 0.125. The monoisotopic (exact) mass is 378 g/mol. The van der Waals surface area contributed by atoms with Crippen LogP contribution in [0.5, 0.6) is 0 Å². The Morgan fingerprint density at radius 3 is 2.48 bits per heavy atom. The molecule has 25 heavy (non-hydrogen) atoms. The second-order valence-electron chi connectivity index (χ2n) is 5.17. The summed E-state index contributed by atoms with van der Waals surface area (Å²) >= 11 is 6.93. The minimum absolute atomic E-state index is 0.0311. The van der Waals surface area contributed by atoms with Gasteiger partial charge in [-0.1, -0.05) is 11.6 Å². The van der Waals surface area contributed by atoms with Crippen LogP contribution in [0, 0.1) is 0 Å². The Morgan fingerprint density at radius 2 is 1.84 bits per heavy atom. The molecule has 0 aliphatic carbocycles. The Morgan fingerprint density at radius 1 is 1.16 bits per heavy atom. The van der Waals surface area contributed by atoms with Crippen molar-refractivity contribution in [1.82, 2.24) is 5.32 Å². The van der Waals surface area contributed by atoms with E-state index >= 15 is 0 Å². The Labute approximate surface area is 150 Å². The molecule has 9 heteroatoms. The number of halogens is 1. The maximum atomic E-state index is 12.4. The third kappa shape index (κ3) is 3.86. The topological polar surface area (TPSA) is 102 Å². The fourth-order valence-electron chi connectivity index (χ4n) is 2.18. The summed E-state index contributed by atoms with van der Waals surface area (Å²) in [4.78, 5) is 47.2. The maximum absolute atomic E-state index is 12.4. The number of imide groups is 1. The van der Waals surface area contributed by atoms with E-state index in [1.165, 1.54) is 10.8 Å². The van der Waals surface area contributed by atoms with Crippen LogP contribution >= 0.6 is 22.9 Å². The quantitative estimate of drug-likeness (QED) is 0.627. The Bertz CT molecular complexity index is 862. The van der Waals surface area contributed by atoms with Gasteiger partial charge in [0.15, 0.2) is 6.10 Å². The number of carbonyl (C=O) groups excluding carboxylic acids is 4. The summed E-state index contributed by atoms with van der Waals surface area (Å²) in [6.45, 7) is 0. The summed E-state index contributed by atoms with van der Waals surface area (Å²) in [7, 11) is 0. The van der Waals surface area contributed by atoms with Crippen LogP contribution in [0.15, 0.2) is 35.0 Å². The first kappa shape index (κ1) is 17.1. The molecule has 2 heterocycles. The number of amides is 3. The van der Waals surface area contributed by atoms with Crippen molar-refractivity contribution in [3.8, 4) is 0 Å². The Hall–Kier alpha value is -2.71. The van der Waals surface area contributed by atoms with Gasteiger partial charge in [0.05, 0.1) is 17.5 Å². The van der Waals surface area contributed by atoms with Crippen LogP contribution in [0.3, 0.4) is 0 Å². The fourth-order valence-corrected chi connectivity index (χ4v) is 3.10. The first-order valence-electron chi connectivity index (χ1n) is 7.12. The molecule has 3 rings (SSSR count). The zero-order chi connectivity index (χ0) is 18.0. The number of anilines is 1. The first-order chi connectivity index (χ1) is 11.9. The van der Waals surface area contributed by atoms with Gasteiger partial charge in [0, 0.05) is 21.5 Å². The molecule has 0 radical (unpaired) electrons. The lowest BCUT2D eigenvalue weighted by molar-refractivity contribution is -0.128. The number of hydrogen-bond donors (Lipinski definition) is 2. The van der Waals surface area contributed by atoms with Gasteiger partial charge in [0.2, 0.25) is 5.91 Å². The second-order valence-corrected chi connectivity index (χ2v) is 6.35. The molecular formula is C16H11ClN2O5S. The van der Waals surface area contributed by atoms with E-state index in [1.54, 1.807) is 24.3 Å². The first-order valence-corrected chi connectivity index (χ1v) is 8.44. The highest BCUT2D eigenvalue weighted by Gasteiger charge is 2.34. The third-order valence-electron chi connectivity index (χ3n) is 3.40. The van der Waals surface area contributed by atoms with Gasteiger partial charge in [-0.25, -0.2) is 4.79 Å². The number of hydrogen-bond acceptors (Lipinski definition) is 6. The van der Waals surface area contributed by atoms with Crippen molar-refractivity contribution in [2.24, 2.45) is 0 Å². The smallest absolute Gasteiger partial charge is 0.340 e. The van der Waals surface area contributed by atoms with Crippen LogP contribution in [0.1, 0.15) is 27.1 Å². The summed E-state index contributed by atoms with van der Waals surface area (Å²) in [5.41, 5.74) is 0.666. The molecule has 1 aromatic carbocycles. The summed E-state index contributed by atoms with van der Waals surface area (Å²) in [6.07, 6.45) is -1.40. The van der Waals surface area contributed by atoms with Crippen LogP contribution in [-0.4, -0.2) is 29.8 Å². The lowest BCUT2D eigenvalue weighted by atomic mass is 10.2. The number of ether oxygens (including phenoxy) is 1. The number of esters is 1. The van der Waals surface area contributed by atoms with Crippen molar-refractivity contribution in [1.29, 1.82) is 0 Å². The van der Waals surface area contributed by atoms with E-state index in [4.69, 9.17) is 16.3 Å². The normalized spacial score (nSPS) is 16.4. The molecule has 1 aliphatic rings. The molecule has 1 fully saturated rings. The molecule has 2 N–H and O–H groups in total. The second kappa shape index (κ2) is 7.04. The standard InChI is InChI=1S/C16H11ClN2O5S/c17-8-1-3-9(4-2-8)18-14(21)10-6-25-7-11(10)16(23)24-12-5-13(20)19-15(12)22/h1-4,6-7,12H,5H2,(H,18,21)(H,19,20,22). The van der Waals surface area contributed by atoms with Gasteiger partial charge < -0.3 is 10.1 Å². The molecule has 128 valence electrons. The molecule has 0 saturated carbocycles. The molecule has 1 aliphatic heterocycles. The van der Waals surface area contributed by atoms with Gasteiger partial charge in [-0.05, 0) is 24.3 Å². The molecule has 1 atom stereocenters. The molecule has 0 spiro atoms. The van der Waals surface area contributed by atoms with Crippen molar-refractivity contribution in [3.05, 3.63) is 51.2 Å². The molecule has 3 amide bonds. The average Bonchev–Trinajstić information content (AvgIpc) is 3.16. The van der Waals surface area contributed by atoms with Crippen LogP contribution in [0.4, 0.5) is 5.69 Å². The van der Waals surface area contributed by atoms with Gasteiger partial charge in [0.25, 0.3) is 11.8 Å². The van der Waals surface area contributed by atoms with Gasteiger partial charge >= 0.3 is 5.97 Å². The predicted octanol–water partition coefficient (Wildman–Crippen LogP) is 2.23. The number of benzene rings is 1. The lowest BCUT2D eigenvalue weighted by Gasteiger charge is -2.09. The minimum atomic E-state index is -1.17. The Kier molecular flexibility index (Phi) is 4.82. The number of thiophene rings is 1. The summed E-state index contributed by atoms with van der Waals surface area (Å²) in [5.74, 6) is -2.51. The van der Waals surface area contributed by atoms with Crippen molar-refractivity contribution in [2.45, 2.75) is 12.5 Å². The third-order valence-corrected chi connectivity index (χ3v) is 4.40. The largest absolute Gasteiger partial charge is 0.448 e. The van der Waals surface area contributed by atoms with Crippen molar-refractivity contribution in [2.75, 3.05) is 5.32 Å². The van der Waals surface area contributed by atoms with E-state index in [9.17, 15) is 19.2 Å². The molecule has 2 aromatic rings. The molecule has 1 saturated heterocycles. The summed E-state index contributed by atoms with van der Waals surface area (Å²) < 4.78 is 5.03.